The number of rotatable bonds is 5. The van der Waals surface area contributed by atoms with Crippen LogP contribution in [0.4, 0.5) is 0 Å². The van der Waals surface area contributed by atoms with Crippen molar-refractivity contribution in [2.45, 2.75) is 45.3 Å². The lowest BCUT2D eigenvalue weighted by Gasteiger charge is -2.33. The first-order valence-electron chi connectivity index (χ1n) is 8.09. The molecule has 25 heavy (non-hydrogen) atoms. The fraction of sp³-hybridized carbons (Fsp3) is 0.588. The molecule has 1 aromatic carbocycles. The number of nitrogens with zero attached hydrogens (tertiary/aromatic N) is 1. The van der Waals surface area contributed by atoms with Gasteiger partial charge in [0.05, 0.1) is 10.0 Å². The number of hydrogen-bond donors (Lipinski definition) is 2. The number of carbonyl (C=O) groups excluding carboxylic acids is 1. The maximum atomic E-state index is 12.1. The summed E-state index contributed by atoms with van der Waals surface area (Å²) in [5.74, 6) is -0.0906. The summed E-state index contributed by atoms with van der Waals surface area (Å²) in [5, 5.41) is 4.29. The summed E-state index contributed by atoms with van der Waals surface area (Å²) < 4.78 is 0. The van der Waals surface area contributed by atoms with E-state index >= 15 is 0 Å². The van der Waals surface area contributed by atoms with Crippen LogP contribution in [-0.2, 0) is 11.3 Å². The normalized spacial score (nSPS) is 17.8. The van der Waals surface area contributed by atoms with Gasteiger partial charge in [-0.05, 0) is 37.5 Å². The third-order valence-corrected chi connectivity index (χ3v) is 5.27. The van der Waals surface area contributed by atoms with Crippen LogP contribution in [0.15, 0.2) is 18.2 Å². The summed E-state index contributed by atoms with van der Waals surface area (Å²) in [6.07, 6.45) is 1.91. The van der Waals surface area contributed by atoms with E-state index in [1.807, 2.05) is 32.0 Å². The number of hydrogen-bond acceptors (Lipinski definition) is 3. The predicted octanol–water partition coefficient (Wildman–Crippen LogP) is 3.90. The quantitative estimate of drug-likeness (QED) is 0.744. The van der Waals surface area contributed by atoms with Crippen LogP contribution in [0, 0.1) is 5.92 Å². The maximum absolute atomic E-state index is 12.1. The van der Waals surface area contributed by atoms with Gasteiger partial charge in [-0.15, -0.1) is 24.8 Å². The Bertz CT molecular complexity index is 549. The molecule has 1 fully saturated rings. The fourth-order valence-electron chi connectivity index (χ4n) is 2.70. The zero-order valence-electron chi connectivity index (χ0n) is 14.5. The van der Waals surface area contributed by atoms with Crippen molar-refractivity contribution in [3.63, 3.8) is 0 Å². The number of amides is 1. The molecular formula is C17H27Cl4N3O. The topological polar surface area (TPSA) is 58.4 Å². The number of likely N-dealkylation sites (tertiary alicyclic amines) is 1. The second-order valence-electron chi connectivity index (χ2n) is 6.46. The number of halogens is 4. The largest absolute Gasteiger partial charge is 0.353 e. The average molecular weight is 431 g/mol. The molecular weight excluding hydrogens is 404 g/mol. The van der Waals surface area contributed by atoms with Crippen molar-refractivity contribution in [1.82, 2.24) is 10.2 Å². The first-order valence-corrected chi connectivity index (χ1v) is 8.84. The van der Waals surface area contributed by atoms with E-state index in [4.69, 9.17) is 28.9 Å². The molecule has 1 aromatic rings. The van der Waals surface area contributed by atoms with Crippen LogP contribution < -0.4 is 11.1 Å². The zero-order valence-corrected chi connectivity index (χ0v) is 17.6. The molecule has 8 heteroatoms. The lowest BCUT2D eigenvalue weighted by molar-refractivity contribution is -0.126. The van der Waals surface area contributed by atoms with Crippen LogP contribution in [0.5, 0.6) is 0 Å². The van der Waals surface area contributed by atoms with Gasteiger partial charge in [-0.2, -0.15) is 0 Å². The highest BCUT2D eigenvalue weighted by Crippen LogP contribution is 2.24. The van der Waals surface area contributed by atoms with E-state index in [1.54, 1.807) is 0 Å². The molecule has 3 N–H and O–H groups in total. The van der Waals surface area contributed by atoms with E-state index in [2.05, 4.69) is 10.2 Å². The summed E-state index contributed by atoms with van der Waals surface area (Å²) in [6.45, 7) is 6.51. The molecule has 2 atom stereocenters. The molecule has 2 rings (SSSR count). The van der Waals surface area contributed by atoms with Crippen molar-refractivity contribution in [3.05, 3.63) is 33.8 Å². The molecule has 0 spiro atoms. The molecule has 0 bridgehead atoms. The second-order valence-corrected chi connectivity index (χ2v) is 7.27. The van der Waals surface area contributed by atoms with Crippen molar-refractivity contribution in [1.29, 1.82) is 0 Å². The van der Waals surface area contributed by atoms with Crippen LogP contribution in [0.2, 0.25) is 10.0 Å². The van der Waals surface area contributed by atoms with Crippen LogP contribution in [0.25, 0.3) is 0 Å². The molecule has 1 aliphatic rings. The number of carbonyl (C=O) groups is 1. The van der Waals surface area contributed by atoms with E-state index in [-0.39, 0.29) is 48.7 Å². The Morgan fingerprint density at radius 2 is 1.84 bits per heavy atom. The Morgan fingerprint density at radius 1 is 1.24 bits per heavy atom. The number of nitrogens with two attached hydrogens (primary N) is 1. The van der Waals surface area contributed by atoms with Gasteiger partial charge in [0.15, 0.2) is 0 Å². The molecule has 1 heterocycles. The minimum atomic E-state index is -0.149. The highest BCUT2D eigenvalue weighted by molar-refractivity contribution is 6.42. The molecule has 2 unspecified atom stereocenters. The standard InChI is InChI=1S/C17H25Cl2N3O.2ClH/c1-11(12(2)20)17(23)21-14-5-7-22(8-6-14)10-13-3-4-15(18)16(19)9-13;;/h3-4,9,11-12,14H,5-8,10,20H2,1-2H3,(H,21,23);2*1H. The highest BCUT2D eigenvalue weighted by Gasteiger charge is 2.24. The molecule has 0 radical (unpaired) electrons. The van der Waals surface area contributed by atoms with Crippen LogP contribution in [0.1, 0.15) is 32.3 Å². The second kappa shape index (κ2) is 11.5. The molecule has 0 aromatic heterocycles. The third kappa shape index (κ3) is 7.49. The van der Waals surface area contributed by atoms with Gasteiger partial charge in [0, 0.05) is 37.6 Å². The molecule has 0 aliphatic carbocycles. The smallest absolute Gasteiger partial charge is 0.224 e. The Balaban J connectivity index is 0.00000288. The monoisotopic (exact) mass is 429 g/mol. The molecule has 1 amide bonds. The van der Waals surface area contributed by atoms with E-state index in [9.17, 15) is 4.79 Å². The molecule has 0 saturated carbocycles. The van der Waals surface area contributed by atoms with Crippen LogP contribution >= 0.6 is 48.0 Å². The maximum Gasteiger partial charge on any atom is 0.224 e. The molecule has 1 saturated heterocycles. The summed E-state index contributed by atoms with van der Waals surface area (Å²) >= 11 is 12.0. The van der Waals surface area contributed by atoms with Crippen molar-refractivity contribution in [2.24, 2.45) is 11.7 Å². The van der Waals surface area contributed by atoms with Gasteiger partial charge in [0.2, 0.25) is 5.91 Å². The Hall–Kier alpha value is -0.230. The lowest BCUT2D eigenvalue weighted by Crippen LogP contribution is -2.48. The summed E-state index contributed by atoms with van der Waals surface area (Å²) in [7, 11) is 0. The van der Waals surface area contributed by atoms with Crippen molar-refractivity contribution >= 4 is 53.9 Å². The number of piperidine rings is 1. The summed E-state index contributed by atoms with van der Waals surface area (Å²) in [5.41, 5.74) is 6.94. The van der Waals surface area contributed by atoms with Gasteiger partial charge in [-0.25, -0.2) is 0 Å². The fourth-order valence-corrected chi connectivity index (χ4v) is 3.02. The Labute approximate surface area is 172 Å². The predicted molar refractivity (Wildman–Crippen MR) is 110 cm³/mol. The van der Waals surface area contributed by atoms with Crippen LogP contribution in [-0.4, -0.2) is 36.0 Å². The van der Waals surface area contributed by atoms with Crippen molar-refractivity contribution in [3.8, 4) is 0 Å². The third-order valence-electron chi connectivity index (χ3n) is 4.53. The SMILES string of the molecule is CC(N)C(C)C(=O)NC1CCN(Cc2ccc(Cl)c(Cl)c2)CC1.Cl.Cl. The minimum absolute atomic E-state index is 0. The van der Waals surface area contributed by atoms with Crippen LogP contribution in [0.3, 0.4) is 0 Å². The van der Waals surface area contributed by atoms with Gasteiger partial charge in [-0.3, -0.25) is 9.69 Å². The average Bonchev–Trinajstić information content (AvgIpc) is 2.52. The van der Waals surface area contributed by atoms with Gasteiger partial charge >= 0.3 is 0 Å². The van der Waals surface area contributed by atoms with E-state index < -0.39 is 0 Å². The molecule has 4 nitrogen and oxygen atoms in total. The van der Waals surface area contributed by atoms with Gasteiger partial charge < -0.3 is 11.1 Å². The minimum Gasteiger partial charge on any atom is -0.353 e. The number of nitrogens with one attached hydrogen (secondary N) is 1. The highest BCUT2D eigenvalue weighted by atomic mass is 35.5. The first-order chi connectivity index (χ1) is 10.9. The molecule has 1 aliphatic heterocycles. The van der Waals surface area contributed by atoms with Crippen molar-refractivity contribution < 1.29 is 4.79 Å². The summed E-state index contributed by atoms with van der Waals surface area (Å²) in [4.78, 5) is 14.4. The number of benzene rings is 1. The van der Waals surface area contributed by atoms with E-state index in [0.717, 1.165) is 38.0 Å². The first kappa shape index (κ1) is 24.8. The Morgan fingerprint density at radius 3 is 2.36 bits per heavy atom. The van der Waals surface area contributed by atoms with Gasteiger partial charge in [-0.1, -0.05) is 36.2 Å². The summed E-state index contributed by atoms with van der Waals surface area (Å²) in [6, 6.07) is 5.88. The lowest BCUT2D eigenvalue weighted by atomic mass is 10.00. The molecule has 144 valence electrons. The van der Waals surface area contributed by atoms with E-state index in [0.29, 0.717) is 10.0 Å². The Kier molecular flexibility index (Phi) is 11.4. The van der Waals surface area contributed by atoms with Gasteiger partial charge in [0.1, 0.15) is 0 Å². The van der Waals surface area contributed by atoms with Crippen molar-refractivity contribution in [2.75, 3.05) is 13.1 Å². The van der Waals surface area contributed by atoms with Gasteiger partial charge in [0.25, 0.3) is 0 Å². The van der Waals surface area contributed by atoms with E-state index in [1.165, 1.54) is 0 Å². The zero-order chi connectivity index (χ0) is 17.0.